The molecule has 0 aliphatic heterocycles. The lowest BCUT2D eigenvalue weighted by molar-refractivity contribution is -0.124. The van der Waals surface area contributed by atoms with E-state index >= 15 is 0 Å². The molecule has 1 saturated carbocycles. The molecule has 90 valence electrons. The fourth-order valence-electron chi connectivity index (χ4n) is 1.20. The first kappa shape index (κ1) is 12.9. The van der Waals surface area contributed by atoms with Crippen LogP contribution >= 0.6 is 0 Å². The molecule has 16 heavy (non-hydrogen) atoms. The highest BCUT2D eigenvalue weighted by Crippen LogP contribution is 2.24. The lowest BCUT2D eigenvalue weighted by Crippen LogP contribution is -2.48. The molecule has 2 amide bonds. The Hall–Kier alpha value is -1.17. The van der Waals surface area contributed by atoms with E-state index in [2.05, 4.69) is 16.6 Å². The molecule has 0 aromatic rings. The second kappa shape index (κ2) is 5.79. The maximum Gasteiger partial charge on any atom is 0.254 e. The van der Waals surface area contributed by atoms with E-state index in [0.29, 0.717) is 6.41 Å². The third-order valence-electron chi connectivity index (χ3n) is 2.46. The number of rotatable bonds is 7. The van der Waals surface area contributed by atoms with Gasteiger partial charge < -0.3 is 5.32 Å². The van der Waals surface area contributed by atoms with Crippen LogP contribution in [-0.2, 0) is 20.6 Å². The van der Waals surface area contributed by atoms with Crippen LogP contribution in [0, 0.1) is 5.92 Å². The summed E-state index contributed by atoms with van der Waals surface area (Å²) < 4.78 is 13.9. The van der Waals surface area contributed by atoms with Crippen molar-refractivity contribution in [1.82, 2.24) is 10.0 Å². The molecule has 0 aromatic heterocycles. The summed E-state index contributed by atoms with van der Waals surface area (Å²) in [6.07, 6.45) is 3.80. The summed E-state index contributed by atoms with van der Waals surface area (Å²) in [7, 11) is -1.32. The highest BCUT2D eigenvalue weighted by Gasteiger charge is 2.32. The molecule has 1 rings (SSSR count). The van der Waals surface area contributed by atoms with Gasteiger partial charge in [-0.1, -0.05) is 13.0 Å². The van der Waals surface area contributed by atoms with Crippen LogP contribution in [0.2, 0.25) is 0 Å². The molecule has 1 fully saturated rings. The van der Waals surface area contributed by atoms with E-state index in [1.54, 1.807) is 13.0 Å². The summed E-state index contributed by atoms with van der Waals surface area (Å²) in [5.74, 6) is -0.633. The van der Waals surface area contributed by atoms with Crippen molar-refractivity contribution in [3.05, 3.63) is 12.7 Å². The van der Waals surface area contributed by atoms with E-state index in [9.17, 15) is 13.8 Å². The first-order valence-corrected chi connectivity index (χ1v) is 6.34. The van der Waals surface area contributed by atoms with Crippen molar-refractivity contribution < 1.29 is 13.8 Å². The highest BCUT2D eigenvalue weighted by atomic mass is 32.2. The number of hydrogen-bond acceptors (Lipinski definition) is 3. The molecule has 0 bridgehead atoms. The van der Waals surface area contributed by atoms with Crippen molar-refractivity contribution in [1.29, 1.82) is 0 Å². The Morgan fingerprint density at radius 3 is 2.62 bits per heavy atom. The number of carbonyl (C=O) groups excluding carboxylic acids is 2. The van der Waals surface area contributed by atoms with Gasteiger partial charge in [0.15, 0.2) is 0 Å². The zero-order valence-electron chi connectivity index (χ0n) is 9.14. The van der Waals surface area contributed by atoms with Gasteiger partial charge in [-0.05, 0) is 12.8 Å². The Labute approximate surface area is 97.3 Å². The SMILES string of the molecule is C=CC(C)C(NC=O)C(=O)NS(=O)C1CC1. The van der Waals surface area contributed by atoms with Gasteiger partial charge in [0.25, 0.3) is 5.91 Å². The number of amides is 2. The minimum Gasteiger partial charge on any atom is -0.346 e. The molecule has 0 heterocycles. The van der Waals surface area contributed by atoms with Gasteiger partial charge in [-0.15, -0.1) is 6.58 Å². The maximum atomic E-state index is 11.7. The van der Waals surface area contributed by atoms with Crippen molar-refractivity contribution in [3.63, 3.8) is 0 Å². The van der Waals surface area contributed by atoms with Crippen molar-refractivity contribution in [3.8, 4) is 0 Å². The number of hydrogen-bond donors (Lipinski definition) is 2. The molecule has 0 spiro atoms. The van der Waals surface area contributed by atoms with Crippen LogP contribution in [0.4, 0.5) is 0 Å². The van der Waals surface area contributed by atoms with Crippen LogP contribution in [0.15, 0.2) is 12.7 Å². The molecule has 3 atom stereocenters. The van der Waals surface area contributed by atoms with Crippen molar-refractivity contribution in [2.24, 2.45) is 5.92 Å². The number of nitrogens with one attached hydrogen (secondary N) is 2. The minimum absolute atomic E-state index is 0.0832. The molecule has 2 N–H and O–H groups in total. The molecule has 5 nitrogen and oxygen atoms in total. The van der Waals surface area contributed by atoms with Gasteiger partial charge in [0, 0.05) is 5.92 Å². The Bertz CT molecular complexity index is 315. The zero-order valence-corrected chi connectivity index (χ0v) is 9.96. The van der Waals surface area contributed by atoms with Crippen LogP contribution in [0.1, 0.15) is 19.8 Å². The van der Waals surface area contributed by atoms with Crippen LogP contribution < -0.4 is 10.0 Å². The van der Waals surface area contributed by atoms with Crippen LogP contribution in [0.5, 0.6) is 0 Å². The summed E-state index contributed by atoms with van der Waals surface area (Å²) in [6.45, 7) is 5.32. The van der Waals surface area contributed by atoms with Gasteiger partial charge >= 0.3 is 0 Å². The highest BCUT2D eigenvalue weighted by molar-refractivity contribution is 7.84. The maximum absolute atomic E-state index is 11.7. The van der Waals surface area contributed by atoms with E-state index in [-0.39, 0.29) is 11.2 Å². The predicted octanol–water partition coefficient (Wildman–Crippen LogP) is -0.135. The molecule has 6 heteroatoms. The first-order chi connectivity index (χ1) is 7.60. The summed E-state index contributed by atoms with van der Waals surface area (Å²) in [4.78, 5) is 22.1. The summed E-state index contributed by atoms with van der Waals surface area (Å²) >= 11 is 0. The van der Waals surface area contributed by atoms with Gasteiger partial charge in [0.2, 0.25) is 6.41 Å². The standard InChI is InChI=1S/C10H16N2O3S/c1-3-7(2)9(11-6-13)10(14)12-16(15)8-4-5-8/h3,6-9H,1,4-5H2,2H3,(H,11,13)(H,12,14). The van der Waals surface area contributed by atoms with Gasteiger partial charge in [-0.2, -0.15) is 0 Å². The van der Waals surface area contributed by atoms with Crippen molar-refractivity contribution in [2.45, 2.75) is 31.1 Å². The Morgan fingerprint density at radius 2 is 2.19 bits per heavy atom. The van der Waals surface area contributed by atoms with Crippen LogP contribution in [0.25, 0.3) is 0 Å². The molecule has 0 saturated heterocycles. The van der Waals surface area contributed by atoms with Crippen molar-refractivity contribution >= 4 is 23.3 Å². The largest absolute Gasteiger partial charge is 0.346 e. The van der Waals surface area contributed by atoms with E-state index < -0.39 is 22.9 Å². The summed E-state index contributed by atoms with van der Waals surface area (Å²) in [5.41, 5.74) is 0. The average molecular weight is 244 g/mol. The van der Waals surface area contributed by atoms with Gasteiger partial charge in [0.1, 0.15) is 17.0 Å². The topological polar surface area (TPSA) is 75.3 Å². The van der Waals surface area contributed by atoms with Gasteiger partial charge in [-0.3, -0.25) is 14.3 Å². The van der Waals surface area contributed by atoms with Gasteiger partial charge in [-0.25, -0.2) is 4.21 Å². The lowest BCUT2D eigenvalue weighted by atomic mass is 10.0. The Morgan fingerprint density at radius 1 is 1.56 bits per heavy atom. The molecule has 1 aliphatic carbocycles. The van der Waals surface area contributed by atoms with E-state index in [0.717, 1.165) is 12.8 Å². The third kappa shape index (κ3) is 3.44. The van der Waals surface area contributed by atoms with Crippen molar-refractivity contribution in [2.75, 3.05) is 0 Å². The summed E-state index contributed by atoms with van der Waals surface area (Å²) in [6, 6.07) is -0.710. The van der Waals surface area contributed by atoms with E-state index in [1.165, 1.54) is 0 Å². The molecule has 3 unspecified atom stereocenters. The molecule has 0 aromatic carbocycles. The molecule has 1 aliphatic rings. The summed E-state index contributed by atoms with van der Waals surface area (Å²) in [5, 5.41) is 2.48. The van der Waals surface area contributed by atoms with E-state index in [1.807, 2.05) is 0 Å². The smallest absolute Gasteiger partial charge is 0.254 e. The Balaban J connectivity index is 2.54. The van der Waals surface area contributed by atoms with Crippen LogP contribution in [-0.4, -0.2) is 27.8 Å². The fraction of sp³-hybridized carbons (Fsp3) is 0.600. The fourth-order valence-corrected chi connectivity index (χ4v) is 2.26. The zero-order chi connectivity index (χ0) is 12.1. The average Bonchev–Trinajstić information content (AvgIpc) is 3.08. The minimum atomic E-state index is -1.32. The van der Waals surface area contributed by atoms with Crippen LogP contribution in [0.3, 0.4) is 0 Å². The predicted molar refractivity (Wildman–Crippen MR) is 61.7 cm³/mol. The first-order valence-electron chi connectivity index (χ1n) is 5.13. The third-order valence-corrected chi connectivity index (χ3v) is 3.94. The molecule has 0 radical (unpaired) electrons. The Kier molecular flexibility index (Phi) is 4.67. The quantitative estimate of drug-likeness (QED) is 0.484. The number of carbonyl (C=O) groups is 2. The monoisotopic (exact) mass is 244 g/mol. The second-order valence-corrected chi connectivity index (χ2v) is 5.29. The molecular weight excluding hydrogens is 228 g/mol. The lowest BCUT2D eigenvalue weighted by Gasteiger charge is -2.19. The molecular formula is C10H16N2O3S. The second-order valence-electron chi connectivity index (χ2n) is 3.82. The normalized spacial score (nSPS) is 20.3. The van der Waals surface area contributed by atoms with Gasteiger partial charge in [0.05, 0.1) is 5.25 Å². The van der Waals surface area contributed by atoms with E-state index in [4.69, 9.17) is 0 Å².